The van der Waals surface area contributed by atoms with E-state index in [0.29, 0.717) is 17.8 Å². The summed E-state index contributed by atoms with van der Waals surface area (Å²) in [5.74, 6) is -0.402. The summed E-state index contributed by atoms with van der Waals surface area (Å²) in [6.07, 6.45) is 5.41. The molecule has 0 radical (unpaired) electrons. The molecule has 0 bridgehead atoms. The van der Waals surface area contributed by atoms with Gasteiger partial charge in [-0.15, -0.1) is 0 Å². The molecule has 0 saturated carbocycles. The minimum absolute atomic E-state index is 0.0209. The van der Waals surface area contributed by atoms with Crippen LogP contribution in [0.25, 0.3) is 23.0 Å². The number of hydrogen-bond acceptors (Lipinski definition) is 4. The maximum atomic E-state index is 12.6. The van der Waals surface area contributed by atoms with E-state index in [1.807, 2.05) is 73.8 Å². The van der Waals surface area contributed by atoms with Crippen LogP contribution in [0.5, 0.6) is 0 Å². The fraction of sp³-hybridized carbons (Fsp3) is 0.240. The molecule has 0 unspecified atom stereocenters. The van der Waals surface area contributed by atoms with E-state index in [-0.39, 0.29) is 11.7 Å². The average molecular weight is 412 g/mol. The van der Waals surface area contributed by atoms with Crippen LogP contribution >= 0.6 is 0 Å². The number of carbonyl (C=O) groups excluding carboxylic acids is 1. The molecule has 2 aromatic carbocycles. The number of para-hydroxylation sites is 1. The molecule has 1 saturated heterocycles. The Kier molecular flexibility index (Phi) is 6.25. The van der Waals surface area contributed by atoms with Gasteiger partial charge in [-0.1, -0.05) is 48.5 Å². The van der Waals surface area contributed by atoms with Crippen molar-refractivity contribution in [2.24, 2.45) is 0 Å². The standard InChI is InChI=1S/C25H24N4O2/c1-18-8-5-6-12-23(18)29-17-21(24(28-29)19-9-3-2-4-10-19)14-20(15-26)25(30)27-16-22-11-7-13-31-22/h2-6,8-10,12,14,17,22H,7,11,13,16H2,1H3,(H,27,30)/b20-14+/t22-/m1/s1. The average Bonchev–Trinajstić information content (AvgIpc) is 3.47. The highest BCUT2D eigenvalue weighted by atomic mass is 16.5. The van der Waals surface area contributed by atoms with Gasteiger partial charge in [0.1, 0.15) is 11.6 Å². The predicted octanol–water partition coefficient (Wildman–Crippen LogP) is 4.05. The highest BCUT2D eigenvalue weighted by Gasteiger charge is 2.19. The van der Waals surface area contributed by atoms with Crippen molar-refractivity contribution in [2.45, 2.75) is 25.9 Å². The number of amides is 1. The molecular formula is C25H24N4O2. The lowest BCUT2D eigenvalue weighted by Gasteiger charge is -2.10. The van der Waals surface area contributed by atoms with Gasteiger partial charge in [-0.3, -0.25) is 4.79 Å². The van der Waals surface area contributed by atoms with E-state index in [1.54, 1.807) is 10.8 Å². The van der Waals surface area contributed by atoms with Crippen LogP contribution in [0.2, 0.25) is 0 Å². The number of nitrogens with one attached hydrogen (secondary N) is 1. The van der Waals surface area contributed by atoms with Crippen LogP contribution in [0, 0.1) is 18.3 Å². The van der Waals surface area contributed by atoms with Gasteiger partial charge in [0.05, 0.1) is 17.5 Å². The molecule has 1 fully saturated rings. The quantitative estimate of drug-likeness (QED) is 0.489. The third-order valence-electron chi connectivity index (χ3n) is 5.33. The Balaban J connectivity index is 1.69. The van der Waals surface area contributed by atoms with Gasteiger partial charge in [0.2, 0.25) is 0 Å². The van der Waals surface area contributed by atoms with E-state index in [9.17, 15) is 10.1 Å². The second-order valence-electron chi connectivity index (χ2n) is 7.54. The molecule has 1 amide bonds. The molecule has 2 heterocycles. The first-order chi connectivity index (χ1) is 15.2. The Morgan fingerprint density at radius 1 is 1.26 bits per heavy atom. The minimum atomic E-state index is -0.402. The van der Waals surface area contributed by atoms with Gasteiger partial charge in [-0.25, -0.2) is 4.68 Å². The van der Waals surface area contributed by atoms with Crippen LogP contribution in [0.1, 0.15) is 24.0 Å². The zero-order valence-corrected chi connectivity index (χ0v) is 17.4. The minimum Gasteiger partial charge on any atom is -0.376 e. The first kappa shape index (κ1) is 20.6. The Hall–Kier alpha value is -3.69. The van der Waals surface area contributed by atoms with Crippen LogP contribution in [-0.4, -0.2) is 34.9 Å². The van der Waals surface area contributed by atoms with Gasteiger partial charge in [-0.05, 0) is 37.5 Å². The topological polar surface area (TPSA) is 79.9 Å². The largest absolute Gasteiger partial charge is 0.376 e. The molecule has 156 valence electrons. The second kappa shape index (κ2) is 9.41. The molecule has 1 aliphatic heterocycles. The van der Waals surface area contributed by atoms with E-state index in [0.717, 1.165) is 36.3 Å². The molecule has 1 aromatic heterocycles. The summed E-state index contributed by atoms with van der Waals surface area (Å²) in [7, 11) is 0. The number of rotatable bonds is 6. The second-order valence-corrected chi connectivity index (χ2v) is 7.54. The Morgan fingerprint density at radius 2 is 2.03 bits per heavy atom. The lowest BCUT2D eigenvalue weighted by Crippen LogP contribution is -2.32. The Bertz CT molecular complexity index is 1140. The van der Waals surface area contributed by atoms with Gasteiger partial charge < -0.3 is 10.1 Å². The summed E-state index contributed by atoms with van der Waals surface area (Å²) in [4.78, 5) is 12.6. The number of ether oxygens (including phenoxy) is 1. The summed E-state index contributed by atoms with van der Waals surface area (Å²) < 4.78 is 7.34. The highest BCUT2D eigenvalue weighted by Crippen LogP contribution is 2.26. The number of aryl methyl sites for hydroxylation is 1. The lowest BCUT2D eigenvalue weighted by atomic mass is 10.1. The first-order valence-corrected chi connectivity index (χ1v) is 10.4. The molecule has 0 aliphatic carbocycles. The number of hydrogen-bond donors (Lipinski definition) is 1. The first-order valence-electron chi connectivity index (χ1n) is 10.4. The maximum Gasteiger partial charge on any atom is 0.262 e. The molecule has 4 rings (SSSR count). The smallest absolute Gasteiger partial charge is 0.262 e. The van der Waals surface area contributed by atoms with Crippen LogP contribution in [0.3, 0.4) is 0 Å². The van der Waals surface area contributed by atoms with Crippen molar-refractivity contribution in [3.05, 3.63) is 77.5 Å². The van der Waals surface area contributed by atoms with E-state index in [1.165, 1.54) is 0 Å². The number of benzene rings is 2. The molecule has 0 spiro atoms. The summed E-state index contributed by atoms with van der Waals surface area (Å²) in [6.45, 7) is 3.15. The van der Waals surface area contributed by atoms with Crippen LogP contribution in [0.4, 0.5) is 0 Å². The summed E-state index contributed by atoms with van der Waals surface area (Å²) >= 11 is 0. The van der Waals surface area contributed by atoms with Crippen molar-refractivity contribution < 1.29 is 9.53 Å². The van der Waals surface area contributed by atoms with Crippen molar-refractivity contribution in [2.75, 3.05) is 13.2 Å². The van der Waals surface area contributed by atoms with Gasteiger partial charge in [0.25, 0.3) is 5.91 Å². The monoisotopic (exact) mass is 412 g/mol. The molecule has 6 heteroatoms. The molecular weight excluding hydrogens is 388 g/mol. The highest BCUT2D eigenvalue weighted by molar-refractivity contribution is 6.02. The zero-order chi connectivity index (χ0) is 21.6. The third-order valence-corrected chi connectivity index (χ3v) is 5.33. The summed E-state index contributed by atoms with van der Waals surface area (Å²) in [6, 6.07) is 19.7. The maximum absolute atomic E-state index is 12.6. The van der Waals surface area contributed by atoms with Gasteiger partial charge in [0.15, 0.2) is 0 Å². The van der Waals surface area contributed by atoms with E-state index in [4.69, 9.17) is 9.84 Å². The third kappa shape index (κ3) is 4.73. The number of nitrogens with zero attached hydrogens (tertiary/aromatic N) is 3. The van der Waals surface area contributed by atoms with Gasteiger partial charge >= 0.3 is 0 Å². The van der Waals surface area contributed by atoms with Crippen molar-refractivity contribution in [3.8, 4) is 23.0 Å². The Labute approximate surface area is 181 Å². The number of aromatic nitrogens is 2. The normalized spacial score (nSPS) is 16.1. The Morgan fingerprint density at radius 3 is 2.74 bits per heavy atom. The fourth-order valence-electron chi connectivity index (χ4n) is 3.67. The van der Waals surface area contributed by atoms with E-state index < -0.39 is 5.91 Å². The van der Waals surface area contributed by atoms with Crippen LogP contribution in [-0.2, 0) is 9.53 Å². The molecule has 1 aliphatic rings. The molecule has 1 atom stereocenters. The van der Waals surface area contributed by atoms with Gasteiger partial charge in [0, 0.05) is 30.5 Å². The van der Waals surface area contributed by atoms with Crippen molar-refractivity contribution in [3.63, 3.8) is 0 Å². The van der Waals surface area contributed by atoms with Crippen LogP contribution in [0.15, 0.2) is 66.4 Å². The van der Waals surface area contributed by atoms with Crippen molar-refractivity contribution in [1.82, 2.24) is 15.1 Å². The van der Waals surface area contributed by atoms with Crippen molar-refractivity contribution >= 4 is 12.0 Å². The number of carbonyl (C=O) groups is 1. The molecule has 6 nitrogen and oxygen atoms in total. The summed E-state index contributed by atoms with van der Waals surface area (Å²) in [5, 5.41) is 17.2. The lowest BCUT2D eigenvalue weighted by molar-refractivity contribution is -0.117. The van der Waals surface area contributed by atoms with Crippen molar-refractivity contribution in [1.29, 1.82) is 5.26 Å². The zero-order valence-electron chi connectivity index (χ0n) is 17.4. The van der Waals surface area contributed by atoms with E-state index >= 15 is 0 Å². The fourth-order valence-corrected chi connectivity index (χ4v) is 3.67. The van der Waals surface area contributed by atoms with Gasteiger partial charge in [-0.2, -0.15) is 10.4 Å². The molecule has 1 N–H and O–H groups in total. The molecule has 3 aromatic rings. The van der Waals surface area contributed by atoms with Crippen LogP contribution < -0.4 is 5.32 Å². The predicted molar refractivity (Wildman–Crippen MR) is 119 cm³/mol. The number of nitriles is 1. The molecule has 31 heavy (non-hydrogen) atoms. The SMILES string of the molecule is Cc1ccccc1-n1cc(/C=C(\C#N)C(=O)NC[C@H]2CCCO2)c(-c2ccccc2)n1. The van der Waals surface area contributed by atoms with E-state index in [2.05, 4.69) is 5.32 Å². The summed E-state index contributed by atoms with van der Waals surface area (Å²) in [5.41, 5.74) is 4.40.